The van der Waals surface area contributed by atoms with Gasteiger partial charge in [0.2, 0.25) is 0 Å². The van der Waals surface area contributed by atoms with E-state index >= 15 is 0 Å². The predicted octanol–water partition coefficient (Wildman–Crippen LogP) is -0.472. The number of carbonyl (C=O) groups is 1. The van der Waals surface area contributed by atoms with E-state index < -0.39 is 25.0 Å². The number of aliphatic hydroxyl groups is 1. The maximum Gasteiger partial charge on any atom is 0.306 e. The molecule has 2 N–H and O–H groups in total. The Kier molecular flexibility index (Phi) is 2.00. The second-order valence-corrected chi connectivity index (χ2v) is 3.14. The van der Waals surface area contributed by atoms with Crippen molar-refractivity contribution in [3.63, 3.8) is 0 Å². The zero-order chi connectivity index (χ0) is 11.8. The number of rotatable bonds is 4. The Morgan fingerprint density at radius 3 is 2.45 bits per heavy atom. The van der Waals surface area contributed by atoms with Gasteiger partial charge in [-0.25, -0.2) is 0 Å². The smallest absolute Gasteiger partial charge is 0.306 e. The first-order chi connectivity index (χ1) is 5.92. The van der Waals surface area contributed by atoms with Crippen molar-refractivity contribution in [3.05, 3.63) is 0 Å². The molecular weight excluding hydrogens is 146 g/mol. The van der Waals surface area contributed by atoms with Gasteiger partial charge in [-0.15, -0.1) is 0 Å². The molecule has 4 nitrogen and oxygen atoms in total. The van der Waals surface area contributed by atoms with Crippen LogP contribution in [0.1, 0.15) is 10.5 Å². The first kappa shape index (κ1) is 5.97. The van der Waals surface area contributed by atoms with Gasteiger partial charge in [0.1, 0.15) is 12.6 Å². The van der Waals surface area contributed by atoms with Crippen molar-refractivity contribution in [2.45, 2.75) is 12.5 Å². The lowest BCUT2D eigenvalue weighted by Gasteiger charge is -2.25. The van der Waals surface area contributed by atoms with Crippen LogP contribution in [-0.2, 0) is 4.79 Å². The van der Waals surface area contributed by atoms with Crippen molar-refractivity contribution in [1.29, 1.82) is 0 Å². The molecule has 0 aliphatic carbocycles. The quantitative estimate of drug-likeness (QED) is 0.554. The molecule has 4 heteroatoms. The van der Waals surface area contributed by atoms with E-state index in [4.69, 9.17) is 9.22 Å². The number of quaternary nitrogens is 1. The number of nitrogens with zero attached hydrogens (tertiary/aromatic N) is 1. The van der Waals surface area contributed by atoms with Gasteiger partial charge in [0.25, 0.3) is 0 Å². The molecule has 0 amide bonds. The Morgan fingerprint density at radius 1 is 1.73 bits per heavy atom. The number of aliphatic carboxylic acids is 1. The van der Waals surface area contributed by atoms with Gasteiger partial charge in [-0.2, -0.15) is 0 Å². The first-order valence-electron chi connectivity index (χ1n) is 4.67. The molecule has 0 bridgehead atoms. The van der Waals surface area contributed by atoms with Gasteiger partial charge >= 0.3 is 5.97 Å². The van der Waals surface area contributed by atoms with Crippen LogP contribution in [0.2, 0.25) is 0 Å². The SMILES string of the molecule is [2H]C(O)(CC(=O)O)C([2H])([2H])[N+](C)(C)C. The fourth-order valence-electron chi connectivity index (χ4n) is 0.570. The lowest BCUT2D eigenvalue weighted by atomic mass is 10.2. The summed E-state index contributed by atoms with van der Waals surface area (Å²) in [4.78, 5) is 10.3. The monoisotopic (exact) mass is 165 g/mol. The van der Waals surface area contributed by atoms with Gasteiger partial charge in [0.05, 0.1) is 31.7 Å². The minimum absolute atomic E-state index is 0.347. The van der Waals surface area contributed by atoms with Crippen LogP contribution >= 0.6 is 0 Å². The minimum Gasteiger partial charge on any atom is -0.481 e. The van der Waals surface area contributed by atoms with Crippen LogP contribution in [0, 0.1) is 0 Å². The zero-order valence-electron chi connectivity index (χ0n) is 9.96. The molecule has 0 aromatic rings. The van der Waals surface area contributed by atoms with E-state index in [1.54, 1.807) is 0 Å². The summed E-state index contributed by atoms with van der Waals surface area (Å²) in [5, 5.41) is 17.9. The number of carboxylic acids is 1. The third kappa shape index (κ3) is 7.29. The third-order valence-electron chi connectivity index (χ3n) is 0.783. The average Bonchev–Trinajstić information content (AvgIpc) is 1.80. The summed E-state index contributed by atoms with van der Waals surface area (Å²) in [5.74, 6) is -1.40. The molecule has 0 aromatic carbocycles. The summed E-state index contributed by atoms with van der Waals surface area (Å²) in [6.07, 6.45) is -3.59. The average molecular weight is 165 g/mol. The highest BCUT2D eigenvalue weighted by Crippen LogP contribution is 1.98. The van der Waals surface area contributed by atoms with E-state index in [-0.39, 0.29) is 4.48 Å². The lowest BCUT2D eigenvalue weighted by molar-refractivity contribution is -0.873. The maximum atomic E-state index is 10.3. The lowest BCUT2D eigenvalue weighted by Crippen LogP contribution is -2.42. The van der Waals surface area contributed by atoms with Crippen LogP contribution in [0.5, 0.6) is 0 Å². The Hall–Kier alpha value is -0.610. The predicted molar refractivity (Wildman–Crippen MR) is 41.2 cm³/mol. The number of carboxylic acid groups (broad SMARTS) is 1. The molecule has 1 unspecified atom stereocenters. The topological polar surface area (TPSA) is 57.5 Å². The van der Waals surface area contributed by atoms with E-state index in [1.165, 1.54) is 21.1 Å². The Morgan fingerprint density at radius 2 is 2.18 bits per heavy atom. The van der Waals surface area contributed by atoms with Gasteiger partial charge < -0.3 is 14.7 Å². The highest BCUT2D eigenvalue weighted by Gasteiger charge is 2.17. The van der Waals surface area contributed by atoms with Crippen molar-refractivity contribution < 1.29 is 23.6 Å². The van der Waals surface area contributed by atoms with E-state index in [9.17, 15) is 9.90 Å². The molecule has 0 spiro atoms. The van der Waals surface area contributed by atoms with E-state index in [2.05, 4.69) is 0 Å². The largest absolute Gasteiger partial charge is 0.481 e. The summed E-state index contributed by atoms with van der Waals surface area (Å²) < 4.78 is 22.0. The third-order valence-corrected chi connectivity index (χ3v) is 0.783. The van der Waals surface area contributed by atoms with E-state index in [0.717, 1.165) is 0 Å². The minimum atomic E-state index is -2.64. The van der Waals surface area contributed by atoms with Gasteiger partial charge in [-0.1, -0.05) is 0 Å². The van der Waals surface area contributed by atoms with Crippen LogP contribution in [0.25, 0.3) is 0 Å². The molecule has 0 rings (SSSR count). The molecule has 66 valence electrons. The fourth-order valence-corrected chi connectivity index (χ4v) is 0.570. The molecule has 0 aliphatic rings. The molecule has 0 aromatic heterocycles. The molecular formula is C7H16NO3+. The summed E-state index contributed by atoms with van der Waals surface area (Å²) in [6, 6.07) is 0. The number of likely N-dealkylation sites (N-methyl/N-ethyl adjacent to an activating group) is 1. The van der Waals surface area contributed by atoms with Crippen LogP contribution in [0.15, 0.2) is 0 Å². The molecule has 0 aliphatic heterocycles. The highest BCUT2D eigenvalue weighted by atomic mass is 16.4. The van der Waals surface area contributed by atoms with Crippen LogP contribution < -0.4 is 0 Å². The van der Waals surface area contributed by atoms with Crippen molar-refractivity contribution in [2.24, 2.45) is 0 Å². The van der Waals surface area contributed by atoms with Crippen molar-refractivity contribution >= 4 is 5.97 Å². The fraction of sp³-hybridized carbons (Fsp3) is 0.857. The van der Waals surface area contributed by atoms with Crippen molar-refractivity contribution in [3.8, 4) is 0 Å². The second-order valence-electron chi connectivity index (χ2n) is 3.14. The molecule has 11 heavy (non-hydrogen) atoms. The molecule has 0 radical (unpaired) electrons. The van der Waals surface area contributed by atoms with Crippen molar-refractivity contribution in [2.75, 3.05) is 27.6 Å². The van der Waals surface area contributed by atoms with Gasteiger partial charge in [-0.05, 0) is 0 Å². The van der Waals surface area contributed by atoms with E-state index in [0.29, 0.717) is 0 Å². The van der Waals surface area contributed by atoms with Crippen LogP contribution in [-0.4, -0.2) is 54.4 Å². The first-order valence-corrected chi connectivity index (χ1v) is 3.17. The van der Waals surface area contributed by atoms with Crippen molar-refractivity contribution in [1.82, 2.24) is 0 Å². The summed E-state index contributed by atoms with van der Waals surface area (Å²) in [7, 11) is 4.34. The van der Waals surface area contributed by atoms with Gasteiger partial charge in [-0.3, -0.25) is 4.79 Å². The Bertz CT molecular complexity index is 235. The standard InChI is InChI=1S/C7H15NO3/c1-8(2,3)5-6(9)4-7(10)11/h6,9H,4-5H2,1-3H3/p+1/i5D2,6D. The Balaban J connectivity index is 4.97. The number of hydrogen-bond acceptors (Lipinski definition) is 2. The van der Waals surface area contributed by atoms with Crippen LogP contribution in [0.4, 0.5) is 0 Å². The molecule has 0 saturated heterocycles. The molecule has 0 fully saturated rings. The molecule has 0 saturated carbocycles. The second kappa shape index (κ2) is 3.69. The molecule has 1 atom stereocenters. The summed E-state index contributed by atoms with van der Waals surface area (Å²) >= 11 is 0. The molecule has 0 heterocycles. The normalized spacial score (nSPS) is 22.7. The van der Waals surface area contributed by atoms with Gasteiger partial charge in [0, 0.05) is 0 Å². The van der Waals surface area contributed by atoms with Gasteiger partial charge in [0.15, 0.2) is 0 Å². The Labute approximate surface area is 70.9 Å². The number of hydrogen-bond donors (Lipinski definition) is 2. The maximum absolute atomic E-state index is 10.3. The van der Waals surface area contributed by atoms with E-state index in [1.807, 2.05) is 0 Å². The zero-order valence-corrected chi connectivity index (χ0v) is 6.96. The summed E-state index contributed by atoms with van der Waals surface area (Å²) in [6.45, 7) is -2.36. The summed E-state index contributed by atoms with van der Waals surface area (Å²) in [5.41, 5.74) is 0. The van der Waals surface area contributed by atoms with Crippen LogP contribution in [0.3, 0.4) is 0 Å². The highest BCUT2D eigenvalue weighted by molar-refractivity contribution is 5.67.